The maximum absolute atomic E-state index is 12.1. The Morgan fingerprint density at radius 2 is 1.68 bits per heavy atom. The molecule has 3 rings (SSSR count). The van der Waals surface area contributed by atoms with Crippen molar-refractivity contribution in [3.8, 4) is 0 Å². The summed E-state index contributed by atoms with van der Waals surface area (Å²) in [5.41, 5.74) is 3.14. The molecule has 2 N–H and O–H groups in total. The van der Waals surface area contributed by atoms with Crippen LogP contribution in [0.15, 0.2) is 48.5 Å². The van der Waals surface area contributed by atoms with Gasteiger partial charge in [0.05, 0.1) is 0 Å². The highest BCUT2D eigenvalue weighted by molar-refractivity contribution is 6.30. The Labute approximate surface area is 151 Å². The third kappa shape index (κ3) is 4.70. The summed E-state index contributed by atoms with van der Waals surface area (Å²) in [5, 5.41) is 6.43. The molecule has 0 spiro atoms. The molecule has 0 saturated heterocycles. The van der Waals surface area contributed by atoms with Crippen LogP contribution in [0.5, 0.6) is 0 Å². The minimum atomic E-state index is -0.233. The molecule has 1 aliphatic rings. The van der Waals surface area contributed by atoms with Crippen LogP contribution in [0, 0.1) is 12.8 Å². The van der Waals surface area contributed by atoms with E-state index in [2.05, 4.69) is 10.6 Å². The highest BCUT2D eigenvalue weighted by Gasteiger charge is 2.29. The van der Waals surface area contributed by atoms with Gasteiger partial charge in [0.1, 0.15) is 0 Å². The van der Waals surface area contributed by atoms with Crippen molar-refractivity contribution in [1.29, 1.82) is 0 Å². The minimum Gasteiger partial charge on any atom is -0.326 e. The van der Waals surface area contributed by atoms with Crippen LogP contribution >= 0.6 is 11.6 Å². The van der Waals surface area contributed by atoms with Gasteiger partial charge in [0, 0.05) is 28.4 Å². The summed E-state index contributed by atoms with van der Waals surface area (Å²) in [6, 6.07) is 12.7. The van der Waals surface area contributed by atoms with E-state index in [1.165, 1.54) is 6.08 Å². The fourth-order valence-electron chi connectivity index (χ4n) is 2.41. The molecule has 0 bridgehead atoms. The molecule has 2 amide bonds. The number of nitrogens with one attached hydrogen (secondary N) is 2. The predicted molar refractivity (Wildman–Crippen MR) is 102 cm³/mol. The summed E-state index contributed by atoms with van der Waals surface area (Å²) >= 11 is 5.84. The van der Waals surface area contributed by atoms with E-state index in [0.717, 1.165) is 29.7 Å². The number of amides is 2. The average molecular weight is 355 g/mol. The van der Waals surface area contributed by atoms with Gasteiger partial charge in [-0.2, -0.15) is 0 Å². The molecule has 4 nitrogen and oxygen atoms in total. The van der Waals surface area contributed by atoms with Gasteiger partial charge in [0.25, 0.3) is 0 Å². The molecule has 128 valence electrons. The van der Waals surface area contributed by atoms with Gasteiger partial charge in [0.15, 0.2) is 0 Å². The molecule has 25 heavy (non-hydrogen) atoms. The van der Waals surface area contributed by atoms with Crippen molar-refractivity contribution in [2.75, 3.05) is 10.6 Å². The topological polar surface area (TPSA) is 58.2 Å². The fourth-order valence-corrected chi connectivity index (χ4v) is 2.53. The quantitative estimate of drug-likeness (QED) is 0.768. The van der Waals surface area contributed by atoms with E-state index in [-0.39, 0.29) is 17.7 Å². The molecule has 1 aliphatic carbocycles. The molecule has 1 saturated carbocycles. The van der Waals surface area contributed by atoms with E-state index in [0.29, 0.717) is 10.7 Å². The monoisotopic (exact) mass is 354 g/mol. The Morgan fingerprint density at radius 3 is 2.32 bits per heavy atom. The lowest BCUT2D eigenvalue weighted by atomic mass is 10.1. The zero-order chi connectivity index (χ0) is 17.8. The van der Waals surface area contributed by atoms with Crippen LogP contribution in [-0.4, -0.2) is 11.8 Å². The van der Waals surface area contributed by atoms with Gasteiger partial charge in [0.2, 0.25) is 11.8 Å². The van der Waals surface area contributed by atoms with Crippen molar-refractivity contribution in [2.45, 2.75) is 19.8 Å². The van der Waals surface area contributed by atoms with Gasteiger partial charge in [-0.1, -0.05) is 29.8 Å². The van der Waals surface area contributed by atoms with Gasteiger partial charge < -0.3 is 10.6 Å². The van der Waals surface area contributed by atoms with E-state index in [1.807, 2.05) is 37.3 Å². The maximum Gasteiger partial charge on any atom is 0.248 e. The number of halogens is 1. The lowest BCUT2D eigenvalue weighted by molar-refractivity contribution is -0.117. The zero-order valence-corrected chi connectivity index (χ0v) is 14.6. The molecule has 0 aliphatic heterocycles. The molecule has 5 heteroatoms. The summed E-state index contributed by atoms with van der Waals surface area (Å²) in [5.74, 6) is -0.0436. The van der Waals surface area contributed by atoms with Crippen LogP contribution < -0.4 is 10.6 Å². The summed E-state index contributed by atoms with van der Waals surface area (Å²) in [4.78, 5) is 24.1. The molecule has 0 unspecified atom stereocenters. The van der Waals surface area contributed by atoms with Crippen molar-refractivity contribution in [1.82, 2.24) is 0 Å². The van der Waals surface area contributed by atoms with Crippen molar-refractivity contribution in [3.05, 3.63) is 64.7 Å². The van der Waals surface area contributed by atoms with Crippen molar-refractivity contribution in [3.63, 3.8) is 0 Å². The Morgan fingerprint density at radius 1 is 1.04 bits per heavy atom. The molecular weight excluding hydrogens is 336 g/mol. The van der Waals surface area contributed by atoms with E-state index in [1.54, 1.807) is 18.2 Å². The highest BCUT2D eigenvalue weighted by atomic mass is 35.5. The summed E-state index contributed by atoms with van der Waals surface area (Å²) in [6.07, 6.45) is 5.10. The number of benzene rings is 2. The van der Waals surface area contributed by atoms with Gasteiger partial charge in [-0.15, -0.1) is 0 Å². The van der Waals surface area contributed by atoms with Crippen molar-refractivity contribution >= 4 is 40.9 Å². The second-order valence-corrected chi connectivity index (χ2v) is 6.55. The third-order valence-corrected chi connectivity index (χ3v) is 4.35. The first-order valence-corrected chi connectivity index (χ1v) is 8.56. The van der Waals surface area contributed by atoms with Gasteiger partial charge in [-0.05, 0) is 61.2 Å². The van der Waals surface area contributed by atoms with Crippen molar-refractivity contribution < 1.29 is 9.59 Å². The van der Waals surface area contributed by atoms with Crippen LogP contribution in [0.1, 0.15) is 24.0 Å². The lowest BCUT2D eigenvalue weighted by Crippen LogP contribution is -2.15. The maximum atomic E-state index is 12.1. The normalized spacial score (nSPS) is 13.7. The van der Waals surface area contributed by atoms with Crippen LogP contribution in [-0.2, 0) is 9.59 Å². The molecule has 2 aromatic carbocycles. The number of carbonyl (C=O) groups excluding carboxylic acids is 2. The first-order valence-electron chi connectivity index (χ1n) is 8.18. The fraction of sp³-hybridized carbons (Fsp3) is 0.200. The van der Waals surface area contributed by atoms with E-state index < -0.39 is 0 Å². The minimum absolute atomic E-state index is 0.0502. The number of hydrogen-bond donors (Lipinski definition) is 2. The third-order valence-electron chi connectivity index (χ3n) is 4.09. The van der Waals surface area contributed by atoms with Crippen LogP contribution in [0.3, 0.4) is 0 Å². The zero-order valence-electron chi connectivity index (χ0n) is 13.9. The molecule has 2 aromatic rings. The average Bonchev–Trinajstić information content (AvgIpc) is 3.43. The number of rotatable bonds is 5. The second kappa shape index (κ2) is 7.53. The van der Waals surface area contributed by atoms with E-state index in [4.69, 9.17) is 11.6 Å². The second-order valence-electron chi connectivity index (χ2n) is 6.12. The SMILES string of the molecule is Cc1c(NC(=O)/C=C/c2ccc(Cl)cc2)cccc1NC(=O)C1CC1. The van der Waals surface area contributed by atoms with Gasteiger partial charge >= 0.3 is 0 Å². The Kier molecular flexibility index (Phi) is 5.19. The van der Waals surface area contributed by atoms with Crippen LogP contribution in [0.2, 0.25) is 5.02 Å². The lowest BCUT2D eigenvalue weighted by Gasteiger charge is -2.12. The molecule has 0 radical (unpaired) electrons. The first-order chi connectivity index (χ1) is 12.0. The largest absolute Gasteiger partial charge is 0.326 e. The van der Waals surface area contributed by atoms with Gasteiger partial charge in [-0.25, -0.2) is 0 Å². The van der Waals surface area contributed by atoms with E-state index in [9.17, 15) is 9.59 Å². The van der Waals surface area contributed by atoms with Gasteiger partial charge in [-0.3, -0.25) is 9.59 Å². The Balaban J connectivity index is 1.66. The summed E-state index contributed by atoms with van der Waals surface area (Å²) < 4.78 is 0. The van der Waals surface area contributed by atoms with Crippen LogP contribution in [0.25, 0.3) is 6.08 Å². The standard InChI is InChI=1S/C20H19ClN2O2/c1-13-17(3-2-4-18(13)23-20(25)15-8-9-15)22-19(24)12-7-14-5-10-16(21)11-6-14/h2-7,10-12,15H,8-9H2,1H3,(H,22,24)(H,23,25)/b12-7+. The Hall–Kier alpha value is -2.59. The molecule has 0 atom stereocenters. The number of carbonyl (C=O) groups is 2. The molecule has 0 aromatic heterocycles. The van der Waals surface area contributed by atoms with E-state index >= 15 is 0 Å². The molecular formula is C20H19ClN2O2. The molecule has 1 fully saturated rings. The highest BCUT2D eigenvalue weighted by Crippen LogP contribution is 2.31. The number of hydrogen-bond acceptors (Lipinski definition) is 2. The van der Waals surface area contributed by atoms with Crippen molar-refractivity contribution in [2.24, 2.45) is 5.92 Å². The Bertz CT molecular complexity index is 824. The summed E-state index contributed by atoms with van der Waals surface area (Å²) in [7, 11) is 0. The summed E-state index contributed by atoms with van der Waals surface area (Å²) in [6.45, 7) is 1.88. The first kappa shape index (κ1) is 17.2. The predicted octanol–water partition coefficient (Wildman–Crippen LogP) is 4.65. The number of anilines is 2. The molecule has 0 heterocycles. The van der Waals surface area contributed by atoms with Crippen LogP contribution in [0.4, 0.5) is 11.4 Å². The smallest absolute Gasteiger partial charge is 0.248 e.